The first-order valence-electron chi connectivity index (χ1n) is 9.39. The van der Waals surface area contributed by atoms with E-state index in [1.165, 1.54) is 43.7 Å². The molecule has 142 valence electrons. The lowest BCUT2D eigenvalue weighted by Gasteiger charge is -2.39. The van der Waals surface area contributed by atoms with Gasteiger partial charge < -0.3 is 4.90 Å². The van der Waals surface area contributed by atoms with Crippen molar-refractivity contribution in [2.24, 2.45) is 0 Å². The third-order valence-corrected chi connectivity index (χ3v) is 9.76. The lowest BCUT2D eigenvalue weighted by molar-refractivity contribution is 0.118. The number of likely N-dealkylation sites (tertiary alicyclic amines) is 1. The van der Waals surface area contributed by atoms with Gasteiger partial charge in [0.1, 0.15) is 4.21 Å². The van der Waals surface area contributed by atoms with Crippen LogP contribution in [0.25, 0.3) is 10.1 Å². The standard InChI is InChI=1S/C19H25ClN2O2S2/c1-14-17-13-15(20)5-6-18(17)25-19(14)26(23,24)22-11-7-16(8-12-22)21-9-3-2-4-10-21/h5-6,13,16H,2-4,7-12H2,1H3. The van der Waals surface area contributed by atoms with E-state index in [-0.39, 0.29) is 0 Å². The molecule has 2 saturated heterocycles. The van der Waals surface area contributed by atoms with Crippen molar-refractivity contribution < 1.29 is 8.42 Å². The zero-order valence-corrected chi connectivity index (χ0v) is 17.5. The van der Waals surface area contributed by atoms with Gasteiger partial charge >= 0.3 is 0 Å². The Hall–Kier alpha value is -0.660. The Morgan fingerprint density at radius 2 is 1.77 bits per heavy atom. The molecular weight excluding hydrogens is 388 g/mol. The summed E-state index contributed by atoms with van der Waals surface area (Å²) in [5.41, 5.74) is 0.825. The van der Waals surface area contributed by atoms with Crippen LogP contribution in [0.15, 0.2) is 22.4 Å². The Morgan fingerprint density at radius 1 is 1.08 bits per heavy atom. The summed E-state index contributed by atoms with van der Waals surface area (Å²) < 4.78 is 29.6. The molecule has 0 aliphatic carbocycles. The van der Waals surface area contributed by atoms with Gasteiger partial charge in [-0.1, -0.05) is 18.0 Å². The second-order valence-electron chi connectivity index (χ2n) is 7.39. The van der Waals surface area contributed by atoms with Crippen molar-refractivity contribution >= 4 is 43.0 Å². The number of halogens is 1. The van der Waals surface area contributed by atoms with Crippen molar-refractivity contribution in [1.29, 1.82) is 0 Å². The topological polar surface area (TPSA) is 40.6 Å². The SMILES string of the molecule is Cc1c(S(=O)(=O)N2CCC(N3CCCCC3)CC2)sc2ccc(Cl)cc12. The Labute approximate surface area is 164 Å². The van der Waals surface area contributed by atoms with Crippen LogP contribution in [0, 0.1) is 6.92 Å². The van der Waals surface area contributed by atoms with Crippen molar-refractivity contribution in [3.63, 3.8) is 0 Å². The quantitative estimate of drug-likeness (QED) is 0.745. The average Bonchev–Trinajstić information content (AvgIpc) is 2.99. The first-order chi connectivity index (χ1) is 12.5. The van der Waals surface area contributed by atoms with Crippen LogP contribution in [-0.4, -0.2) is 49.8 Å². The number of benzene rings is 1. The molecule has 4 nitrogen and oxygen atoms in total. The van der Waals surface area contributed by atoms with Gasteiger partial charge in [0.05, 0.1) is 0 Å². The minimum Gasteiger partial charge on any atom is -0.300 e. The van der Waals surface area contributed by atoms with E-state index in [0.29, 0.717) is 28.4 Å². The third-order valence-electron chi connectivity index (χ3n) is 5.76. The molecule has 4 rings (SSSR count). The van der Waals surface area contributed by atoms with Crippen LogP contribution in [0.3, 0.4) is 0 Å². The molecule has 0 atom stereocenters. The molecule has 1 aromatic carbocycles. The highest BCUT2D eigenvalue weighted by Gasteiger charge is 2.34. The van der Waals surface area contributed by atoms with Crippen LogP contribution in [0.2, 0.25) is 5.02 Å². The molecular formula is C19H25ClN2O2S2. The fourth-order valence-electron chi connectivity index (χ4n) is 4.27. The van der Waals surface area contributed by atoms with E-state index < -0.39 is 10.0 Å². The van der Waals surface area contributed by atoms with E-state index in [0.717, 1.165) is 28.5 Å². The van der Waals surface area contributed by atoms with E-state index >= 15 is 0 Å². The largest absolute Gasteiger partial charge is 0.300 e. The normalized spacial score (nSPS) is 21.5. The average molecular weight is 413 g/mol. The molecule has 0 spiro atoms. The molecule has 1 aromatic heterocycles. The Kier molecular flexibility index (Phi) is 5.32. The maximum absolute atomic E-state index is 13.2. The maximum Gasteiger partial charge on any atom is 0.252 e. The first kappa shape index (κ1) is 18.7. The lowest BCUT2D eigenvalue weighted by Crippen LogP contribution is -2.48. The molecule has 0 bridgehead atoms. The first-order valence-corrected chi connectivity index (χ1v) is 12.0. The summed E-state index contributed by atoms with van der Waals surface area (Å²) in [6.07, 6.45) is 5.77. The second kappa shape index (κ2) is 7.40. The number of nitrogens with zero attached hydrogens (tertiary/aromatic N) is 2. The molecule has 3 heterocycles. The maximum atomic E-state index is 13.2. The zero-order chi connectivity index (χ0) is 18.3. The van der Waals surface area contributed by atoms with Crippen molar-refractivity contribution in [3.8, 4) is 0 Å². The summed E-state index contributed by atoms with van der Waals surface area (Å²) in [6, 6.07) is 6.14. The van der Waals surface area contributed by atoms with Crippen molar-refractivity contribution in [1.82, 2.24) is 9.21 Å². The molecule has 2 aliphatic heterocycles. The van der Waals surface area contributed by atoms with Crippen LogP contribution < -0.4 is 0 Å². The number of fused-ring (bicyclic) bond motifs is 1. The van der Waals surface area contributed by atoms with Gasteiger partial charge in [-0.3, -0.25) is 0 Å². The second-order valence-corrected chi connectivity index (χ2v) is 11.0. The summed E-state index contributed by atoms with van der Waals surface area (Å²) in [5, 5.41) is 1.59. The molecule has 0 unspecified atom stereocenters. The Balaban J connectivity index is 1.53. The van der Waals surface area contributed by atoms with Crippen LogP contribution in [0.4, 0.5) is 0 Å². The van der Waals surface area contributed by atoms with E-state index in [2.05, 4.69) is 4.90 Å². The summed E-state index contributed by atoms with van der Waals surface area (Å²) in [6.45, 7) is 5.49. The lowest BCUT2D eigenvalue weighted by atomic mass is 10.0. The van der Waals surface area contributed by atoms with Gasteiger partial charge in [-0.05, 0) is 74.8 Å². The van der Waals surface area contributed by atoms with Crippen molar-refractivity contribution in [3.05, 3.63) is 28.8 Å². The molecule has 2 fully saturated rings. The van der Waals surface area contributed by atoms with Gasteiger partial charge in [0.15, 0.2) is 0 Å². The zero-order valence-electron chi connectivity index (χ0n) is 15.1. The predicted molar refractivity (Wildman–Crippen MR) is 109 cm³/mol. The van der Waals surface area contributed by atoms with E-state index in [4.69, 9.17) is 11.6 Å². The number of hydrogen-bond donors (Lipinski definition) is 0. The fourth-order valence-corrected chi connectivity index (χ4v) is 7.79. The van der Waals surface area contributed by atoms with Gasteiger partial charge in [-0.2, -0.15) is 4.31 Å². The summed E-state index contributed by atoms with van der Waals surface area (Å²) >= 11 is 7.46. The Morgan fingerprint density at radius 3 is 2.46 bits per heavy atom. The van der Waals surface area contributed by atoms with Crippen LogP contribution in [0.1, 0.15) is 37.7 Å². The molecule has 0 N–H and O–H groups in total. The fraction of sp³-hybridized carbons (Fsp3) is 0.579. The molecule has 0 saturated carbocycles. The predicted octanol–water partition coefficient (Wildman–Crippen LogP) is 4.50. The number of thiophene rings is 1. The van der Waals surface area contributed by atoms with Gasteiger partial charge in [0.2, 0.25) is 0 Å². The minimum atomic E-state index is -3.43. The van der Waals surface area contributed by atoms with E-state index in [9.17, 15) is 8.42 Å². The molecule has 2 aromatic rings. The molecule has 26 heavy (non-hydrogen) atoms. The van der Waals surface area contributed by atoms with Crippen LogP contribution in [0.5, 0.6) is 0 Å². The van der Waals surface area contributed by atoms with Gasteiger partial charge in [-0.15, -0.1) is 11.3 Å². The smallest absolute Gasteiger partial charge is 0.252 e. The number of piperidine rings is 2. The minimum absolute atomic E-state index is 0.478. The molecule has 0 amide bonds. The molecule has 2 aliphatic rings. The van der Waals surface area contributed by atoms with Crippen LogP contribution in [-0.2, 0) is 10.0 Å². The molecule has 7 heteroatoms. The van der Waals surface area contributed by atoms with Gasteiger partial charge in [0, 0.05) is 28.9 Å². The van der Waals surface area contributed by atoms with Crippen LogP contribution >= 0.6 is 22.9 Å². The van der Waals surface area contributed by atoms with Gasteiger partial charge in [-0.25, -0.2) is 8.42 Å². The van der Waals surface area contributed by atoms with Crippen molar-refractivity contribution in [2.75, 3.05) is 26.2 Å². The molecule has 0 radical (unpaired) electrons. The number of rotatable bonds is 3. The Bertz CT molecular complexity index is 896. The van der Waals surface area contributed by atoms with E-state index in [1.807, 2.05) is 25.1 Å². The highest BCUT2D eigenvalue weighted by molar-refractivity contribution is 7.91. The monoisotopic (exact) mass is 412 g/mol. The summed E-state index contributed by atoms with van der Waals surface area (Å²) in [5.74, 6) is 0. The number of aryl methyl sites for hydroxylation is 1. The third kappa shape index (κ3) is 3.42. The summed E-state index contributed by atoms with van der Waals surface area (Å²) in [4.78, 5) is 2.57. The highest BCUT2D eigenvalue weighted by Crippen LogP contribution is 2.37. The highest BCUT2D eigenvalue weighted by atomic mass is 35.5. The summed E-state index contributed by atoms with van der Waals surface area (Å²) in [7, 11) is -3.43. The van der Waals surface area contributed by atoms with E-state index in [1.54, 1.807) is 4.31 Å². The number of sulfonamides is 1. The van der Waals surface area contributed by atoms with Gasteiger partial charge in [0.25, 0.3) is 10.0 Å². The van der Waals surface area contributed by atoms with Crippen molar-refractivity contribution in [2.45, 2.75) is 49.3 Å². The number of hydrogen-bond acceptors (Lipinski definition) is 4.